The van der Waals surface area contributed by atoms with Crippen LogP contribution in [-0.4, -0.2) is 21.0 Å². The zero-order valence-electron chi connectivity index (χ0n) is 8.06. The minimum Gasteiger partial charge on any atom is -0.481 e. The Balaban J connectivity index is 3.41. The first-order chi connectivity index (χ1) is 7.84. The van der Waals surface area contributed by atoms with E-state index in [1.165, 1.54) is 22.6 Å². The van der Waals surface area contributed by atoms with Crippen molar-refractivity contribution >= 4 is 34.2 Å². The van der Waals surface area contributed by atoms with Gasteiger partial charge in [-0.25, -0.2) is 13.8 Å². The molecule has 92 valence electrons. The van der Waals surface area contributed by atoms with Gasteiger partial charge in [-0.1, -0.05) is 0 Å². The Morgan fingerprint density at radius 1 is 1.65 bits per heavy atom. The number of aliphatic carboxylic acids is 1. The lowest BCUT2D eigenvalue weighted by Crippen LogP contribution is -2.10. The van der Waals surface area contributed by atoms with E-state index < -0.39 is 35.1 Å². The Morgan fingerprint density at radius 2 is 2.24 bits per heavy atom. The second-order valence-electron chi connectivity index (χ2n) is 2.95. The number of hydrogen-bond acceptors (Lipinski definition) is 4. The first kappa shape index (κ1) is 13.7. The number of rotatable bonds is 4. The topological polar surface area (TPSA) is 93.3 Å². The molecule has 0 saturated heterocycles. The van der Waals surface area contributed by atoms with Gasteiger partial charge in [0, 0.05) is 5.56 Å². The maximum atomic E-state index is 12.6. The summed E-state index contributed by atoms with van der Waals surface area (Å²) in [6, 6.07) is 0. The van der Waals surface area contributed by atoms with Crippen molar-refractivity contribution in [2.45, 2.75) is 12.8 Å². The lowest BCUT2D eigenvalue weighted by Gasteiger charge is -2.08. The van der Waals surface area contributed by atoms with Crippen LogP contribution in [0.5, 0.6) is 0 Å². The number of aromatic nitrogens is 1. The summed E-state index contributed by atoms with van der Waals surface area (Å²) in [5, 5.41) is 19.1. The monoisotopic (exact) mass is 358 g/mol. The van der Waals surface area contributed by atoms with Crippen molar-refractivity contribution in [2.75, 3.05) is 0 Å². The predicted octanol–water partition coefficient (Wildman–Crippen LogP) is 2.16. The van der Waals surface area contributed by atoms with Gasteiger partial charge in [-0.05, 0) is 22.6 Å². The molecule has 1 rings (SSSR count). The first-order valence-electron chi connectivity index (χ1n) is 4.16. The maximum absolute atomic E-state index is 12.6. The molecule has 9 heteroatoms. The highest BCUT2D eigenvalue weighted by atomic mass is 127. The number of alkyl halides is 2. The molecule has 17 heavy (non-hydrogen) atoms. The van der Waals surface area contributed by atoms with Crippen LogP contribution in [0.25, 0.3) is 0 Å². The molecule has 0 saturated carbocycles. The molecule has 0 aliphatic heterocycles. The Labute approximate surface area is 107 Å². The van der Waals surface area contributed by atoms with Gasteiger partial charge in [-0.15, -0.1) is 0 Å². The number of carbonyl (C=O) groups is 1. The maximum Gasteiger partial charge on any atom is 0.307 e. The van der Waals surface area contributed by atoms with Gasteiger partial charge in [0.1, 0.15) is 11.9 Å². The number of carboxylic acids is 1. The summed E-state index contributed by atoms with van der Waals surface area (Å²) in [7, 11) is 0. The Morgan fingerprint density at radius 3 is 2.65 bits per heavy atom. The molecule has 0 aliphatic carbocycles. The van der Waals surface area contributed by atoms with Crippen LogP contribution in [0, 0.1) is 13.7 Å². The molecule has 6 nitrogen and oxygen atoms in total. The van der Waals surface area contributed by atoms with Crippen molar-refractivity contribution in [1.82, 2.24) is 4.98 Å². The molecule has 0 atom stereocenters. The quantitative estimate of drug-likeness (QED) is 0.506. The summed E-state index contributed by atoms with van der Waals surface area (Å²) < 4.78 is 25.0. The Kier molecular flexibility index (Phi) is 4.26. The number of pyridine rings is 1. The van der Waals surface area contributed by atoms with E-state index in [4.69, 9.17) is 5.11 Å². The number of nitro groups is 1. The molecular weight excluding hydrogens is 353 g/mol. The first-order valence-corrected chi connectivity index (χ1v) is 5.24. The van der Waals surface area contributed by atoms with Crippen LogP contribution in [0.3, 0.4) is 0 Å². The minimum absolute atomic E-state index is 0.125. The van der Waals surface area contributed by atoms with Crippen molar-refractivity contribution in [3.05, 3.63) is 31.1 Å². The molecule has 0 bridgehead atoms. The van der Waals surface area contributed by atoms with Gasteiger partial charge in [0.05, 0.1) is 14.9 Å². The number of hydrogen-bond donors (Lipinski definition) is 1. The summed E-state index contributed by atoms with van der Waals surface area (Å²) in [5.74, 6) is -1.35. The van der Waals surface area contributed by atoms with Crippen molar-refractivity contribution in [3.63, 3.8) is 0 Å². The van der Waals surface area contributed by atoms with Gasteiger partial charge < -0.3 is 5.11 Å². The van der Waals surface area contributed by atoms with Crippen molar-refractivity contribution in [1.29, 1.82) is 0 Å². The standard InChI is InChI=1S/C8H5F2IN2O4/c9-8(10)7-3(1-5(14)15)6(11)4(2-12-7)13(16)17/h2,8H,1H2,(H,14,15). The average molecular weight is 358 g/mol. The highest BCUT2D eigenvalue weighted by Gasteiger charge is 2.25. The van der Waals surface area contributed by atoms with Gasteiger partial charge in [0.15, 0.2) is 0 Å². The van der Waals surface area contributed by atoms with E-state index in [-0.39, 0.29) is 9.13 Å². The third kappa shape index (κ3) is 3.05. The van der Waals surface area contributed by atoms with Crippen LogP contribution >= 0.6 is 22.6 Å². The third-order valence-corrected chi connectivity index (χ3v) is 3.06. The Hall–Kier alpha value is -1.39. The predicted molar refractivity (Wildman–Crippen MR) is 59.9 cm³/mol. The van der Waals surface area contributed by atoms with Crippen LogP contribution in [0.4, 0.5) is 14.5 Å². The van der Waals surface area contributed by atoms with E-state index in [9.17, 15) is 23.7 Å². The van der Waals surface area contributed by atoms with Gasteiger partial charge in [-0.3, -0.25) is 14.9 Å². The molecule has 0 fully saturated rings. The molecule has 0 spiro atoms. The van der Waals surface area contributed by atoms with Crippen LogP contribution in [0.2, 0.25) is 0 Å². The average Bonchev–Trinajstić information content (AvgIpc) is 2.19. The molecule has 1 heterocycles. The third-order valence-electron chi connectivity index (χ3n) is 1.86. The zero-order chi connectivity index (χ0) is 13.2. The lowest BCUT2D eigenvalue weighted by atomic mass is 10.1. The van der Waals surface area contributed by atoms with Gasteiger partial charge in [-0.2, -0.15) is 0 Å². The molecule has 0 amide bonds. The van der Waals surface area contributed by atoms with Gasteiger partial charge in [0.25, 0.3) is 6.43 Å². The number of halogens is 3. The second-order valence-corrected chi connectivity index (χ2v) is 4.03. The summed E-state index contributed by atoms with van der Waals surface area (Å²) in [6.07, 6.45) is -3.00. The van der Waals surface area contributed by atoms with Crippen molar-refractivity contribution in [2.24, 2.45) is 0 Å². The highest BCUT2D eigenvalue weighted by Crippen LogP contribution is 2.30. The molecule has 1 aromatic heterocycles. The molecule has 0 aromatic carbocycles. The fraction of sp³-hybridized carbons (Fsp3) is 0.250. The number of nitrogens with zero attached hydrogens (tertiary/aromatic N) is 2. The minimum atomic E-state index is -2.97. The van der Waals surface area contributed by atoms with Gasteiger partial charge in [0.2, 0.25) is 0 Å². The molecule has 0 radical (unpaired) electrons. The highest BCUT2D eigenvalue weighted by molar-refractivity contribution is 14.1. The smallest absolute Gasteiger partial charge is 0.307 e. The summed E-state index contributed by atoms with van der Waals surface area (Å²) in [6.45, 7) is 0. The van der Waals surface area contributed by atoms with Crippen LogP contribution in [0.15, 0.2) is 6.20 Å². The second kappa shape index (κ2) is 5.29. The largest absolute Gasteiger partial charge is 0.481 e. The lowest BCUT2D eigenvalue weighted by molar-refractivity contribution is -0.386. The molecule has 0 aliphatic rings. The zero-order valence-corrected chi connectivity index (χ0v) is 10.2. The molecule has 1 aromatic rings. The normalized spacial score (nSPS) is 10.6. The SMILES string of the molecule is O=C(O)Cc1c(C(F)F)ncc([N+](=O)[O-])c1I. The summed E-state index contributed by atoms with van der Waals surface area (Å²) in [4.78, 5) is 23.6. The fourth-order valence-electron chi connectivity index (χ4n) is 1.17. The van der Waals surface area contributed by atoms with E-state index in [2.05, 4.69) is 4.98 Å². The summed E-state index contributed by atoms with van der Waals surface area (Å²) >= 11 is 1.47. The van der Waals surface area contributed by atoms with E-state index in [0.29, 0.717) is 6.20 Å². The fourth-order valence-corrected chi connectivity index (χ4v) is 1.97. The van der Waals surface area contributed by atoms with Crippen LogP contribution in [0.1, 0.15) is 17.7 Å². The van der Waals surface area contributed by atoms with E-state index >= 15 is 0 Å². The van der Waals surface area contributed by atoms with Gasteiger partial charge >= 0.3 is 11.7 Å². The number of carboxylic acid groups (broad SMARTS) is 1. The molecule has 0 unspecified atom stereocenters. The molecular formula is C8H5F2IN2O4. The van der Waals surface area contributed by atoms with Crippen LogP contribution in [-0.2, 0) is 11.2 Å². The van der Waals surface area contributed by atoms with Crippen LogP contribution < -0.4 is 0 Å². The summed E-state index contributed by atoms with van der Waals surface area (Å²) in [5.41, 5.74) is -1.53. The molecule has 1 N–H and O–H groups in total. The van der Waals surface area contributed by atoms with Crippen molar-refractivity contribution in [3.8, 4) is 0 Å². The van der Waals surface area contributed by atoms with E-state index in [0.717, 1.165) is 0 Å². The van der Waals surface area contributed by atoms with E-state index in [1.54, 1.807) is 0 Å². The van der Waals surface area contributed by atoms with Crippen molar-refractivity contribution < 1.29 is 23.6 Å². The van der Waals surface area contributed by atoms with E-state index in [1.807, 2.05) is 0 Å². The Bertz CT molecular complexity index is 481.